The molecule has 3 aromatic rings. The third-order valence-corrected chi connectivity index (χ3v) is 8.56. The van der Waals surface area contributed by atoms with Crippen LogP contribution < -0.4 is 26.4 Å². The van der Waals surface area contributed by atoms with Crippen LogP contribution >= 0.6 is 0 Å². The highest BCUT2D eigenvalue weighted by atomic mass is 16.7. The van der Waals surface area contributed by atoms with Gasteiger partial charge in [-0.05, 0) is 74.7 Å². The van der Waals surface area contributed by atoms with Crippen molar-refractivity contribution in [2.75, 3.05) is 19.0 Å². The Bertz CT molecular complexity index is 1860. The Morgan fingerprint density at radius 1 is 0.927 bits per heavy atom. The molecule has 1 heterocycles. The molecule has 55 heavy (non-hydrogen) atoms. The monoisotopic (exact) mass is 765 g/mol. The van der Waals surface area contributed by atoms with Crippen LogP contribution in [0.3, 0.4) is 0 Å². The number of hydrogen-bond donors (Lipinski definition) is 6. The molecular formula is C38H47N5O12. The van der Waals surface area contributed by atoms with Gasteiger partial charge in [-0.25, -0.2) is 9.59 Å². The number of benzene rings is 2. The van der Waals surface area contributed by atoms with E-state index in [2.05, 4.69) is 16.0 Å². The smallest absolute Gasteiger partial charge is 0.363 e. The van der Waals surface area contributed by atoms with Crippen LogP contribution in [0.5, 0.6) is 5.75 Å². The van der Waals surface area contributed by atoms with E-state index in [1.165, 1.54) is 36.4 Å². The van der Waals surface area contributed by atoms with Crippen molar-refractivity contribution in [1.82, 2.24) is 21.0 Å². The molecule has 3 rings (SSSR count). The Kier molecular flexibility index (Phi) is 16.2. The number of carbonyl (C=O) groups excluding carboxylic acids is 5. The number of nitrogens with zero attached hydrogens (tertiary/aromatic N) is 1. The molecule has 3 atom stereocenters. The van der Waals surface area contributed by atoms with Crippen molar-refractivity contribution < 1.29 is 57.8 Å². The molecular weight excluding hydrogens is 718 g/mol. The van der Waals surface area contributed by atoms with E-state index in [4.69, 9.17) is 24.8 Å². The third-order valence-electron chi connectivity index (χ3n) is 8.56. The van der Waals surface area contributed by atoms with Crippen LogP contribution in [0, 0.1) is 12.8 Å². The maximum Gasteiger partial charge on any atom is 0.363 e. The molecule has 7 N–H and O–H groups in total. The Labute approximate surface area is 317 Å². The fraction of sp³-hybridized carbons (Fsp3) is 0.395. The number of nitrogen functional groups attached to an aromatic ring is 1. The van der Waals surface area contributed by atoms with Crippen LogP contribution in [0.15, 0.2) is 52.9 Å². The van der Waals surface area contributed by atoms with Gasteiger partial charge >= 0.3 is 17.9 Å². The number of amides is 4. The molecule has 17 heteroatoms. The predicted molar refractivity (Wildman–Crippen MR) is 198 cm³/mol. The lowest BCUT2D eigenvalue weighted by Crippen LogP contribution is -2.49. The Balaban J connectivity index is 1.70. The quantitative estimate of drug-likeness (QED) is 0.0279. The Morgan fingerprint density at radius 2 is 1.65 bits per heavy atom. The fourth-order valence-electron chi connectivity index (χ4n) is 5.78. The first-order valence-electron chi connectivity index (χ1n) is 17.7. The summed E-state index contributed by atoms with van der Waals surface area (Å²) in [6.07, 6.45) is 2.56. The minimum atomic E-state index is -1.67. The van der Waals surface area contributed by atoms with Gasteiger partial charge in [0.25, 0.3) is 11.8 Å². The first kappa shape index (κ1) is 43.0. The van der Waals surface area contributed by atoms with E-state index >= 15 is 0 Å². The first-order chi connectivity index (χ1) is 26.2. The zero-order valence-corrected chi connectivity index (χ0v) is 31.1. The van der Waals surface area contributed by atoms with Gasteiger partial charge in [-0.1, -0.05) is 39.2 Å². The lowest BCUT2D eigenvalue weighted by Gasteiger charge is -2.32. The van der Waals surface area contributed by atoms with Crippen LogP contribution in [0.1, 0.15) is 96.1 Å². The standard InChI is InChI=1S/C38H47N5O12/c1-5-8-9-10-26(29(6-2)43(21-44)55-38(52)25-14-12-24(39)17-22(25)4)34(47)40-20-41-36(49)31-16-15-30(54-31)23-11-13-27(32(18-23)53-7-3)35(48)42-28(37(50)51)19-33(45)46/h11-18,21,26,28-29H,5-10,19-20,39H2,1-4H3,(H,40,47)(H,41,49)(H,42,48)(H,45,46)(H,50,51)/t26-,28+,29-/m1/s1. The first-order valence-corrected chi connectivity index (χ1v) is 17.7. The van der Waals surface area contributed by atoms with Gasteiger partial charge in [0.15, 0.2) is 5.76 Å². The van der Waals surface area contributed by atoms with E-state index in [0.717, 1.165) is 17.9 Å². The lowest BCUT2D eigenvalue weighted by atomic mass is 9.90. The number of rotatable bonds is 22. The van der Waals surface area contributed by atoms with Crippen LogP contribution in [-0.4, -0.2) is 82.7 Å². The minimum absolute atomic E-state index is 0.0489. The number of carboxylic acids is 2. The Hall–Kier alpha value is -6.39. The zero-order chi connectivity index (χ0) is 40.7. The van der Waals surface area contributed by atoms with E-state index in [9.17, 15) is 38.7 Å². The number of nitrogens with two attached hydrogens (primary N) is 1. The molecule has 0 bridgehead atoms. The van der Waals surface area contributed by atoms with Gasteiger partial charge in [0.2, 0.25) is 12.3 Å². The van der Waals surface area contributed by atoms with E-state index in [1.807, 2.05) is 6.92 Å². The summed E-state index contributed by atoms with van der Waals surface area (Å²) in [7, 11) is 0. The molecule has 0 spiro atoms. The summed E-state index contributed by atoms with van der Waals surface area (Å²) in [5.74, 6) is -6.32. The number of hydrogen-bond acceptors (Lipinski definition) is 11. The molecule has 2 aromatic carbocycles. The second kappa shape index (κ2) is 20.7. The van der Waals surface area contributed by atoms with Crippen LogP contribution in [0.2, 0.25) is 0 Å². The molecule has 0 radical (unpaired) electrons. The SMILES string of the molecule is CCCCC[C@@H](C(=O)NCNC(=O)c1ccc(-c2ccc(C(=O)N[C@@H](CC(=O)O)C(=O)O)c(OCC)c2)o1)[C@@H](CC)N(C=O)OC(=O)c1ccc(N)cc1C. The van der Waals surface area contributed by atoms with Gasteiger partial charge in [0.1, 0.15) is 17.6 Å². The molecule has 17 nitrogen and oxygen atoms in total. The van der Waals surface area contributed by atoms with E-state index < -0.39 is 60.1 Å². The summed E-state index contributed by atoms with van der Waals surface area (Å²) >= 11 is 0. The fourth-order valence-corrected chi connectivity index (χ4v) is 5.78. The molecule has 296 valence electrons. The number of ether oxygens (including phenoxy) is 1. The van der Waals surface area contributed by atoms with Gasteiger partial charge in [0.05, 0.1) is 42.8 Å². The molecule has 0 aliphatic carbocycles. The second-order valence-electron chi connectivity index (χ2n) is 12.5. The molecule has 0 saturated heterocycles. The van der Waals surface area contributed by atoms with Gasteiger partial charge < -0.3 is 45.9 Å². The minimum Gasteiger partial charge on any atom is -0.493 e. The van der Waals surface area contributed by atoms with Crippen molar-refractivity contribution >= 4 is 47.7 Å². The van der Waals surface area contributed by atoms with E-state index in [1.54, 1.807) is 32.9 Å². The van der Waals surface area contributed by atoms with Crippen molar-refractivity contribution in [1.29, 1.82) is 0 Å². The predicted octanol–water partition coefficient (Wildman–Crippen LogP) is 3.90. The summed E-state index contributed by atoms with van der Waals surface area (Å²) < 4.78 is 11.3. The number of hydroxylamine groups is 2. The summed E-state index contributed by atoms with van der Waals surface area (Å²) in [6.45, 7) is 6.96. The number of anilines is 1. The average molecular weight is 766 g/mol. The topological polar surface area (TPSA) is 257 Å². The molecule has 0 saturated carbocycles. The van der Waals surface area contributed by atoms with Gasteiger partial charge in [-0.15, -0.1) is 0 Å². The number of aliphatic carboxylic acids is 2. The maximum atomic E-state index is 13.5. The van der Waals surface area contributed by atoms with Crippen LogP contribution in [0.25, 0.3) is 11.3 Å². The second-order valence-corrected chi connectivity index (χ2v) is 12.5. The molecule has 1 aromatic heterocycles. The largest absolute Gasteiger partial charge is 0.493 e. The van der Waals surface area contributed by atoms with Crippen molar-refractivity contribution in [3.63, 3.8) is 0 Å². The number of nitrogens with one attached hydrogen (secondary N) is 3. The maximum absolute atomic E-state index is 13.5. The normalized spacial score (nSPS) is 12.4. The van der Waals surface area contributed by atoms with Crippen molar-refractivity contribution in [3.8, 4) is 17.1 Å². The van der Waals surface area contributed by atoms with Gasteiger partial charge in [0, 0.05) is 11.3 Å². The van der Waals surface area contributed by atoms with Crippen LogP contribution in [-0.2, 0) is 24.0 Å². The highest BCUT2D eigenvalue weighted by molar-refractivity contribution is 6.00. The molecule has 4 amide bonds. The number of carboxylic acid groups (broad SMARTS) is 2. The van der Waals surface area contributed by atoms with E-state index in [-0.39, 0.29) is 48.1 Å². The number of furan rings is 1. The summed E-state index contributed by atoms with van der Waals surface area (Å²) in [5, 5.41) is 26.6. The summed E-state index contributed by atoms with van der Waals surface area (Å²) in [4.78, 5) is 92.5. The van der Waals surface area contributed by atoms with Crippen molar-refractivity contribution in [2.24, 2.45) is 5.92 Å². The molecule has 0 unspecified atom stereocenters. The summed E-state index contributed by atoms with van der Waals surface area (Å²) in [6, 6.07) is 9.34. The zero-order valence-electron chi connectivity index (χ0n) is 31.1. The number of unbranched alkanes of at least 4 members (excludes halogenated alkanes) is 2. The summed E-state index contributed by atoms with van der Waals surface area (Å²) in [5.41, 5.74) is 7.38. The number of aryl methyl sites for hydroxylation is 1. The number of carbonyl (C=O) groups is 7. The molecule has 0 aliphatic rings. The molecule has 0 aliphatic heterocycles. The van der Waals surface area contributed by atoms with Crippen molar-refractivity contribution in [3.05, 3.63) is 71.0 Å². The molecule has 0 fully saturated rings. The third kappa shape index (κ3) is 12.1. The van der Waals surface area contributed by atoms with Gasteiger partial charge in [-0.2, -0.15) is 5.06 Å². The van der Waals surface area contributed by atoms with Crippen LogP contribution in [0.4, 0.5) is 5.69 Å². The highest BCUT2D eigenvalue weighted by Crippen LogP contribution is 2.29. The Morgan fingerprint density at radius 3 is 2.27 bits per heavy atom. The van der Waals surface area contributed by atoms with E-state index in [0.29, 0.717) is 36.1 Å². The highest BCUT2D eigenvalue weighted by Gasteiger charge is 2.34. The lowest BCUT2D eigenvalue weighted by molar-refractivity contribution is -0.171. The average Bonchev–Trinajstić information content (AvgIpc) is 3.64. The van der Waals surface area contributed by atoms with Crippen molar-refractivity contribution in [2.45, 2.75) is 78.3 Å². The van der Waals surface area contributed by atoms with Gasteiger partial charge in [-0.3, -0.25) is 24.0 Å².